The fourth-order valence-electron chi connectivity index (χ4n) is 2.49. The predicted molar refractivity (Wildman–Crippen MR) is 99.6 cm³/mol. The summed E-state index contributed by atoms with van der Waals surface area (Å²) in [4.78, 5) is 16.5. The molecule has 0 N–H and O–H groups in total. The molecule has 6 heteroatoms. The Labute approximate surface area is 148 Å². The van der Waals surface area contributed by atoms with Crippen molar-refractivity contribution in [1.82, 2.24) is 0 Å². The molecule has 0 atom stereocenters. The maximum atomic E-state index is 12.9. The first-order valence-electron chi connectivity index (χ1n) is 7.78. The fraction of sp³-hybridized carbons (Fsp3) is 0.316. The molecule has 0 saturated heterocycles. The molecule has 2 aromatic carbocycles. The molecule has 1 amide bonds. The highest BCUT2D eigenvalue weighted by Gasteiger charge is 2.20. The van der Waals surface area contributed by atoms with Crippen LogP contribution in [0.2, 0.25) is 0 Å². The lowest BCUT2D eigenvalue weighted by Gasteiger charge is -2.20. The normalized spacial score (nSPS) is 10.2. The number of nitrogens with zero attached hydrogens (tertiary/aromatic N) is 2. The Morgan fingerprint density at radius 2 is 1.28 bits per heavy atom. The molecule has 0 unspecified atom stereocenters. The van der Waals surface area contributed by atoms with Crippen LogP contribution in [0, 0.1) is 0 Å². The third-order valence-electron chi connectivity index (χ3n) is 3.97. The third kappa shape index (κ3) is 3.79. The quantitative estimate of drug-likeness (QED) is 0.806. The molecule has 0 bridgehead atoms. The zero-order valence-corrected chi connectivity index (χ0v) is 15.5. The van der Waals surface area contributed by atoms with E-state index < -0.39 is 0 Å². The van der Waals surface area contributed by atoms with Gasteiger partial charge in [0.15, 0.2) is 11.5 Å². The number of carbonyl (C=O) groups is 1. The molecule has 2 aromatic rings. The molecule has 0 aliphatic heterocycles. The van der Waals surface area contributed by atoms with E-state index in [1.807, 2.05) is 43.3 Å². The minimum atomic E-state index is -0.170. The second-order valence-corrected chi connectivity index (χ2v) is 5.69. The van der Waals surface area contributed by atoms with Crippen molar-refractivity contribution in [3.63, 3.8) is 0 Å². The first kappa shape index (κ1) is 18.4. The maximum absolute atomic E-state index is 12.9. The number of methoxy groups -OCH3 is 3. The Hall–Kier alpha value is -2.89. The zero-order chi connectivity index (χ0) is 18.6. The summed E-state index contributed by atoms with van der Waals surface area (Å²) in [6, 6.07) is 11.0. The number of hydrogen-bond acceptors (Lipinski definition) is 5. The van der Waals surface area contributed by atoms with Gasteiger partial charge in [-0.15, -0.1) is 0 Å². The van der Waals surface area contributed by atoms with Crippen molar-refractivity contribution in [2.45, 2.75) is 0 Å². The second-order valence-electron chi connectivity index (χ2n) is 5.69. The molecule has 0 saturated carbocycles. The molecule has 0 aromatic heterocycles. The van der Waals surface area contributed by atoms with E-state index in [2.05, 4.69) is 0 Å². The van der Waals surface area contributed by atoms with E-state index in [0.717, 1.165) is 11.4 Å². The third-order valence-corrected chi connectivity index (χ3v) is 3.97. The van der Waals surface area contributed by atoms with Crippen LogP contribution in [0.4, 0.5) is 11.4 Å². The summed E-state index contributed by atoms with van der Waals surface area (Å²) in [5.41, 5.74) is 2.32. The average Bonchev–Trinajstić information content (AvgIpc) is 2.65. The number of rotatable bonds is 6. The summed E-state index contributed by atoms with van der Waals surface area (Å²) in [5.74, 6) is 1.18. The molecule has 6 nitrogen and oxygen atoms in total. The van der Waals surface area contributed by atoms with E-state index in [-0.39, 0.29) is 5.91 Å². The molecule has 2 rings (SSSR count). The van der Waals surface area contributed by atoms with Gasteiger partial charge in [-0.3, -0.25) is 4.79 Å². The lowest BCUT2D eigenvalue weighted by Crippen LogP contribution is -2.26. The molecular formula is C19H24N2O4. The summed E-state index contributed by atoms with van der Waals surface area (Å²) >= 11 is 0. The molecule has 0 aliphatic carbocycles. The van der Waals surface area contributed by atoms with Crippen LogP contribution in [0.25, 0.3) is 0 Å². The van der Waals surface area contributed by atoms with E-state index in [9.17, 15) is 4.79 Å². The van der Waals surface area contributed by atoms with Crippen molar-refractivity contribution < 1.29 is 19.0 Å². The summed E-state index contributed by atoms with van der Waals surface area (Å²) in [6.45, 7) is 0. The van der Waals surface area contributed by atoms with Gasteiger partial charge in [0.25, 0.3) is 5.91 Å². The summed E-state index contributed by atoms with van der Waals surface area (Å²) in [6.07, 6.45) is 0. The van der Waals surface area contributed by atoms with E-state index in [1.165, 1.54) is 21.3 Å². The zero-order valence-electron chi connectivity index (χ0n) is 15.5. The number of hydrogen-bond donors (Lipinski definition) is 0. The minimum Gasteiger partial charge on any atom is -0.493 e. The SMILES string of the molecule is COc1cc(C(=O)N(C)c2ccc(N(C)C)cc2)cc(OC)c1OC. The Kier molecular flexibility index (Phi) is 5.75. The van der Waals surface area contributed by atoms with Gasteiger partial charge in [0.05, 0.1) is 21.3 Å². The molecule has 134 valence electrons. The molecule has 0 spiro atoms. The molecule has 0 heterocycles. The summed E-state index contributed by atoms with van der Waals surface area (Å²) < 4.78 is 15.9. The van der Waals surface area contributed by atoms with Crippen molar-refractivity contribution in [2.24, 2.45) is 0 Å². The fourth-order valence-corrected chi connectivity index (χ4v) is 2.49. The van der Waals surface area contributed by atoms with Gasteiger partial charge in [-0.2, -0.15) is 0 Å². The van der Waals surface area contributed by atoms with Crippen molar-refractivity contribution in [1.29, 1.82) is 0 Å². The summed E-state index contributed by atoms with van der Waals surface area (Å²) in [7, 11) is 10.3. The van der Waals surface area contributed by atoms with E-state index >= 15 is 0 Å². The maximum Gasteiger partial charge on any atom is 0.258 e. The Bertz CT molecular complexity index is 717. The van der Waals surface area contributed by atoms with Gasteiger partial charge in [0.1, 0.15) is 0 Å². The predicted octanol–water partition coefficient (Wildman–Crippen LogP) is 3.06. The van der Waals surface area contributed by atoms with Crippen molar-refractivity contribution >= 4 is 17.3 Å². The van der Waals surface area contributed by atoms with Gasteiger partial charge in [-0.05, 0) is 36.4 Å². The van der Waals surface area contributed by atoms with E-state index in [1.54, 1.807) is 24.1 Å². The van der Waals surface area contributed by atoms with Crippen molar-refractivity contribution in [3.8, 4) is 17.2 Å². The van der Waals surface area contributed by atoms with Gasteiger partial charge in [-0.1, -0.05) is 0 Å². The van der Waals surface area contributed by atoms with E-state index in [4.69, 9.17) is 14.2 Å². The van der Waals surface area contributed by atoms with Crippen LogP contribution < -0.4 is 24.0 Å². The molecule has 25 heavy (non-hydrogen) atoms. The van der Waals surface area contributed by atoms with Crippen LogP contribution in [-0.4, -0.2) is 48.4 Å². The van der Waals surface area contributed by atoms with Crippen LogP contribution in [0.3, 0.4) is 0 Å². The van der Waals surface area contributed by atoms with Gasteiger partial charge in [-0.25, -0.2) is 0 Å². The highest BCUT2D eigenvalue weighted by Crippen LogP contribution is 2.38. The topological polar surface area (TPSA) is 51.2 Å². The average molecular weight is 344 g/mol. The van der Waals surface area contributed by atoms with Gasteiger partial charge < -0.3 is 24.0 Å². The number of ether oxygens (including phenoxy) is 3. The first-order valence-corrected chi connectivity index (χ1v) is 7.78. The van der Waals surface area contributed by atoms with Crippen LogP contribution in [-0.2, 0) is 0 Å². The largest absolute Gasteiger partial charge is 0.493 e. The highest BCUT2D eigenvalue weighted by atomic mass is 16.5. The number of benzene rings is 2. The molecule has 0 radical (unpaired) electrons. The standard InChI is InChI=1S/C19H24N2O4/c1-20(2)14-7-9-15(10-8-14)21(3)19(22)13-11-16(23-4)18(25-6)17(12-13)24-5/h7-12H,1-6H3. The lowest BCUT2D eigenvalue weighted by molar-refractivity contribution is 0.0992. The second kappa shape index (κ2) is 7.79. The van der Waals surface area contributed by atoms with Crippen molar-refractivity contribution in [3.05, 3.63) is 42.0 Å². The van der Waals surface area contributed by atoms with Gasteiger partial charge >= 0.3 is 0 Å². The van der Waals surface area contributed by atoms with Gasteiger partial charge in [0.2, 0.25) is 5.75 Å². The highest BCUT2D eigenvalue weighted by molar-refractivity contribution is 6.06. The Morgan fingerprint density at radius 3 is 1.68 bits per heavy atom. The smallest absolute Gasteiger partial charge is 0.258 e. The molecule has 0 fully saturated rings. The minimum absolute atomic E-state index is 0.170. The lowest BCUT2D eigenvalue weighted by atomic mass is 10.1. The van der Waals surface area contributed by atoms with Crippen LogP contribution in [0.15, 0.2) is 36.4 Å². The van der Waals surface area contributed by atoms with Crippen LogP contribution in [0.1, 0.15) is 10.4 Å². The Balaban J connectivity index is 2.35. The monoisotopic (exact) mass is 344 g/mol. The molecule has 0 aliphatic rings. The van der Waals surface area contributed by atoms with Gasteiger partial charge in [0, 0.05) is 38.1 Å². The Morgan fingerprint density at radius 1 is 0.800 bits per heavy atom. The van der Waals surface area contributed by atoms with E-state index in [0.29, 0.717) is 22.8 Å². The summed E-state index contributed by atoms with van der Waals surface area (Å²) in [5, 5.41) is 0. The van der Waals surface area contributed by atoms with Crippen LogP contribution >= 0.6 is 0 Å². The van der Waals surface area contributed by atoms with Crippen LogP contribution in [0.5, 0.6) is 17.2 Å². The van der Waals surface area contributed by atoms with Crippen molar-refractivity contribution in [2.75, 3.05) is 52.3 Å². The number of amides is 1. The first-order chi connectivity index (χ1) is 11.9. The molecular weight excluding hydrogens is 320 g/mol. The number of carbonyl (C=O) groups excluding carboxylic acids is 1. The number of anilines is 2.